The molecule has 0 radical (unpaired) electrons. The molecule has 13 nitrogen and oxygen atoms in total. The van der Waals surface area contributed by atoms with Crippen LogP contribution in [0.25, 0.3) is 11.1 Å². The first kappa shape index (κ1) is 40.3. The normalized spacial score (nSPS) is 26.7. The number of para-hydroxylation sites is 1. The van der Waals surface area contributed by atoms with Crippen molar-refractivity contribution in [1.29, 1.82) is 0 Å². The number of ether oxygens (including phenoxy) is 2. The van der Waals surface area contributed by atoms with E-state index in [0.29, 0.717) is 42.2 Å². The van der Waals surface area contributed by atoms with Crippen molar-refractivity contribution in [3.05, 3.63) is 47.5 Å². The molecule has 1 saturated heterocycles. The number of methoxy groups -OCH3 is 1. The minimum absolute atomic E-state index is 0.0283. The van der Waals surface area contributed by atoms with Crippen molar-refractivity contribution in [1.82, 2.24) is 25.9 Å². The minimum Gasteiger partial charge on any atom is -0.496 e. The molecule has 2 bridgehead atoms. The number of rotatable bonds is 14. The number of carbonyl (C=O) groups is 3. The summed E-state index contributed by atoms with van der Waals surface area (Å²) in [6.45, 7) is 10.1. The SMILES string of the molecule is CNC(=O)c1cc(-c2cccc(CN3O[C@@H](CN)[C@@H]([C@H](C)OC(=O)NCCN(C)C)[C@H]3C(=O)N[C@H]3C[C@@H]4C[C@H]([C@@H]3C)C4(C)C)c2OC)cc(N(C)C)c1. The van der Waals surface area contributed by atoms with Crippen molar-refractivity contribution in [2.24, 2.45) is 34.8 Å². The third kappa shape index (κ3) is 8.43. The fourth-order valence-electron chi connectivity index (χ4n) is 8.83. The third-order valence-corrected chi connectivity index (χ3v) is 12.1. The summed E-state index contributed by atoms with van der Waals surface area (Å²) in [6, 6.07) is 10.7. The molecule has 0 aromatic heterocycles. The second kappa shape index (κ2) is 16.6. The van der Waals surface area contributed by atoms with E-state index in [1.54, 1.807) is 26.1 Å². The van der Waals surface area contributed by atoms with E-state index in [1.807, 2.05) is 74.4 Å². The van der Waals surface area contributed by atoms with Crippen LogP contribution in [-0.2, 0) is 20.9 Å². The summed E-state index contributed by atoms with van der Waals surface area (Å²) in [7, 11) is 10.9. The van der Waals surface area contributed by atoms with E-state index in [0.717, 1.165) is 28.8 Å². The molecular formula is C40H61N7O6. The van der Waals surface area contributed by atoms with Crippen LogP contribution >= 0.6 is 0 Å². The van der Waals surface area contributed by atoms with Gasteiger partial charge in [0.1, 0.15) is 17.9 Å². The van der Waals surface area contributed by atoms with Crippen LogP contribution in [0.4, 0.5) is 10.5 Å². The Bertz CT molecular complexity index is 1630. The number of hydrogen-bond donors (Lipinski definition) is 4. The summed E-state index contributed by atoms with van der Waals surface area (Å²) in [4.78, 5) is 50.7. The van der Waals surface area contributed by atoms with Crippen molar-refractivity contribution >= 4 is 23.6 Å². The molecule has 53 heavy (non-hydrogen) atoms. The maximum absolute atomic E-state index is 14.6. The Labute approximate surface area is 315 Å². The van der Waals surface area contributed by atoms with Crippen molar-refractivity contribution in [3.8, 4) is 16.9 Å². The first-order valence-corrected chi connectivity index (χ1v) is 18.8. The highest BCUT2D eigenvalue weighted by Crippen LogP contribution is 2.61. The predicted octanol–water partition coefficient (Wildman–Crippen LogP) is 3.71. The summed E-state index contributed by atoms with van der Waals surface area (Å²) in [5.41, 5.74) is 10.3. The van der Waals surface area contributed by atoms with Crippen LogP contribution in [0.3, 0.4) is 0 Å². The number of nitrogens with zero attached hydrogens (tertiary/aromatic N) is 3. The number of nitrogens with one attached hydrogen (secondary N) is 3. The molecule has 292 valence electrons. The number of fused-ring (bicyclic) bond motifs is 2. The molecule has 0 spiro atoms. The quantitative estimate of drug-likeness (QED) is 0.226. The molecular weight excluding hydrogens is 674 g/mol. The number of alkyl carbamates (subject to hydrolysis) is 1. The molecule has 3 amide bonds. The Balaban J connectivity index is 1.47. The van der Waals surface area contributed by atoms with E-state index in [9.17, 15) is 14.4 Å². The van der Waals surface area contributed by atoms with Gasteiger partial charge < -0.3 is 41.0 Å². The molecule has 0 unspecified atom stereocenters. The fourth-order valence-corrected chi connectivity index (χ4v) is 8.83. The van der Waals surface area contributed by atoms with E-state index < -0.39 is 30.3 Å². The van der Waals surface area contributed by atoms with Gasteiger partial charge in [0, 0.05) is 69.2 Å². The van der Waals surface area contributed by atoms with Gasteiger partial charge in [-0.15, -0.1) is 0 Å². The van der Waals surface area contributed by atoms with Gasteiger partial charge >= 0.3 is 6.09 Å². The van der Waals surface area contributed by atoms with Crippen molar-refractivity contribution < 1.29 is 28.7 Å². The van der Waals surface area contributed by atoms with E-state index >= 15 is 0 Å². The average molecular weight is 736 g/mol. The zero-order valence-corrected chi connectivity index (χ0v) is 33.2. The molecule has 8 atom stereocenters. The lowest BCUT2D eigenvalue weighted by Crippen LogP contribution is -2.62. The number of benzene rings is 2. The van der Waals surface area contributed by atoms with E-state index in [-0.39, 0.29) is 36.4 Å². The molecule has 2 aromatic carbocycles. The first-order valence-electron chi connectivity index (χ1n) is 18.8. The van der Waals surface area contributed by atoms with Gasteiger partial charge in [0.05, 0.1) is 25.7 Å². The number of hydrogen-bond acceptors (Lipinski definition) is 10. The van der Waals surface area contributed by atoms with Crippen molar-refractivity contribution in [2.45, 2.75) is 71.4 Å². The Hall–Kier alpha value is -3.91. The van der Waals surface area contributed by atoms with Crippen molar-refractivity contribution in [2.75, 3.05) is 66.9 Å². The second-order valence-electron chi connectivity index (χ2n) is 16.1. The highest BCUT2D eigenvalue weighted by molar-refractivity contribution is 5.97. The van der Waals surface area contributed by atoms with Gasteiger partial charge in [-0.25, -0.2) is 4.79 Å². The number of amides is 3. The molecule has 4 fully saturated rings. The molecule has 2 aromatic rings. The maximum Gasteiger partial charge on any atom is 0.407 e. The van der Waals surface area contributed by atoms with Gasteiger partial charge in [-0.3, -0.25) is 14.4 Å². The molecule has 6 rings (SSSR count). The Morgan fingerprint density at radius 1 is 1.11 bits per heavy atom. The van der Waals surface area contributed by atoms with Gasteiger partial charge in [-0.05, 0) is 80.8 Å². The van der Waals surface area contributed by atoms with Crippen molar-refractivity contribution in [3.63, 3.8) is 0 Å². The van der Waals surface area contributed by atoms with E-state index in [1.165, 1.54) is 6.42 Å². The van der Waals surface area contributed by atoms with Crippen LogP contribution < -0.4 is 31.3 Å². The summed E-state index contributed by atoms with van der Waals surface area (Å²) in [5, 5.41) is 10.6. The zero-order chi connectivity index (χ0) is 38.8. The molecule has 1 aliphatic heterocycles. The van der Waals surface area contributed by atoms with Gasteiger partial charge in [0.25, 0.3) is 5.91 Å². The fraction of sp³-hybridized carbons (Fsp3) is 0.625. The number of nitrogens with two attached hydrogens (primary N) is 1. The van der Waals surface area contributed by atoms with Crippen LogP contribution in [0.15, 0.2) is 36.4 Å². The Morgan fingerprint density at radius 2 is 1.85 bits per heavy atom. The van der Waals surface area contributed by atoms with Crippen LogP contribution in [-0.4, -0.2) is 114 Å². The van der Waals surface area contributed by atoms with Crippen LogP contribution in [0, 0.1) is 29.1 Å². The minimum atomic E-state index is -0.808. The molecule has 3 saturated carbocycles. The topological polar surface area (TPSA) is 151 Å². The van der Waals surface area contributed by atoms with Crippen LogP contribution in [0.1, 0.15) is 56.5 Å². The van der Waals surface area contributed by atoms with E-state index in [4.69, 9.17) is 20.0 Å². The summed E-state index contributed by atoms with van der Waals surface area (Å²) in [5.74, 6) is 1.11. The second-order valence-corrected chi connectivity index (χ2v) is 16.1. The lowest BCUT2D eigenvalue weighted by molar-refractivity contribution is -0.175. The smallest absolute Gasteiger partial charge is 0.407 e. The molecule has 4 aliphatic rings. The first-order chi connectivity index (χ1) is 25.1. The van der Waals surface area contributed by atoms with Gasteiger partial charge in [0.2, 0.25) is 5.91 Å². The predicted molar refractivity (Wildman–Crippen MR) is 206 cm³/mol. The maximum atomic E-state index is 14.6. The summed E-state index contributed by atoms with van der Waals surface area (Å²) in [6.07, 6.45) is 0.289. The largest absolute Gasteiger partial charge is 0.496 e. The molecule has 5 N–H and O–H groups in total. The summed E-state index contributed by atoms with van der Waals surface area (Å²) < 4.78 is 12.0. The number of anilines is 1. The zero-order valence-electron chi connectivity index (χ0n) is 33.2. The third-order valence-electron chi connectivity index (χ3n) is 12.1. The lowest BCUT2D eigenvalue weighted by atomic mass is 9.45. The molecule has 3 aliphatic carbocycles. The lowest BCUT2D eigenvalue weighted by Gasteiger charge is -2.62. The number of hydroxylamine groups is 2. The van der Waals surface area contributed by atoms with Gasteiger partial charge in [-0.1, -0.05) is 39.0 Å². The summed E-state index contributed by atoms with van der Waals surface area (Å²) >= 11 is 0. The number of likely N-dealkylation sites (N-methyl/N-ethyl adjacent to an activating group) is 1. The number of carbonyl (C=O) groups excluding carboxylic acids is 3. The van der Waals surface area contributed by atoms with Crippen LogP contribution in [0.5, 0.6) is 5.75 Å². The average Bonchev–Trinajstić information content (AvgIpc) is 3.49. The van der Waals surface area contributed by atoms with Crippen LogP contribution in [0.2, 0.25) is 0 Å². The van der Waals surface area contributed by atoms with Gasteiger partial charge in [-0.2, -0.15) is 5.06 Å². The van der Waals surface area contributed by atoms with Gasteiger partial charge in [0.15, 0.2) is 0 Å². The Kier molecular flexibility index (Phi) is 12.6. The Morgan fingerprint density at radius 3 is 2.45 bits per heavy atom. The molecule has 1 heterocycles. The highest BCUT2D eigenvalue weighted by atomic mass is 16.7. The monoisotopic (exact) mass is 735 g/mol. The molecule has 13 heteroatoms. The van der Waals surface area contributed by atoms with E-state index in [2.05, 4.69) is 36.7 Å². The highest BCUT2D eigenvalue weighted by Gasteiger charge is 2.57. The standard InChI is InChI=1S/C40H61N7O6/c1-23-31-19-28(40(31,3)4)20-32(23)44-38(49)35-34(24(2)52-39(50)43-14-15-45(6)7)33(21-41)53-47(35)22-25-12-11-13-30(36(25)51-10)26-16-27(37(48)42-5)18-29(17-26)46(8)9/h11-13,16-18,23-24,28,31-35H,14-15,19-22,41H2,1-10H3,(H,42,48)(H,43,50)(H,44,49)/t23-,24-,28-,31+,32-,33-,34+,35-/m0/s1.